The third-order valence-electron chi connectivity index (χ3n) is 4.62. The fourth-order valence-corrected chi connectivity index (χ4v) is 3.42. The number of aromatic nitrogens is 3. The molecule has 2 aromatic heterocycles. The summed E-state index contributed by atoms with van der Waals surface area (Å²) in [4.78, 5) is 29.9. The molecule has 0 fully saturated rings. The van der Waals surface area contributed by atoms with Crippen LogP contribution in [0.1, 0.15) is 58.9 Å². The van der Waals surface area contributed by atoms with Crippen molar-refractivity contribution in [2.45, 2.75) is 47.3 Å². The van der Waals surface area contributed by atoms with Gasteiger partial charge in [-0.2, -0.15) is 18.3 Å². The Morgan fingerprint density at radius 1 is 1.09 bits per heavy atom. The molecule has 2 amide bonds. The minimum absolute atomic E-state index is 0. The Balaban J connectivity index is 0.00000408. The highest BCUT2D eigenvalue weighted by Crippen LogP contribution is 2.31. The van der Waals surface area contributed by atoms with Crippen LogP contribution in [0, 0.1) is 13.8 Å². The van der Waals surface area contributed by atoms with Crippen molar-refractivity contribution in [1.29, 1.82) is 0 Å². The highest BCUT2D eigenvalue weighted by Gasteiger charge is 2.36. The molecular formula is C23H25ClF3N5O2. The summed E-state index contributed by atoms with van der Waals surface area (Å²) in [5.74, 6) is -1.31. The highest BCUT2D eigenvalue weighted by molar-refractivity contribution is 6.31. The maximum atomic E-state index is 13.4. The number of carbonyl (C=O) groups is 2. The van der Waals surface area contributed by atoms with Crippen LogP contribution in [0.2, 0.25) is 5.02 Å². The van der Waals surface area contributed by atoms with Gasteiger partial charge in [0.25, 0.3) is 11.8 Å². The molecule has 7 nitrogen and oxygen atoms in total. The molecule has 0 aliphatic rings. The molecule has 0 unspecified atom stereocenters. The quantitative estimate of drug-likeness (QED) is 0.483. The number of pyridine rings is 1. The van der Waals surface area contributed by atoms with Gasteiger partial charge in [0.05, 0.1) is 11.3 Å². The van der Waals surface area contributed by atoms with E-state index in [1.807, 2.05) is 0 Å². The number of hydrogen-bond donors (Lipinski definition) is 2. The molecule has 0 radical (unpaired) electrons. The predicted molar refractivity (Wildman–Crippen MR) is 125 cm³/mol. The molecule has 0 saturated carbocycles. The highest BCUT2D eigenvalue weighted by atomic mass is 35.5. The van der Waals surface area contributed by atoms with Crippen LogP contribution in [0.15, 0.2) is 36.5 Å². The van der Waals surface area contributed by atoms with Gasteiger partial charge < -0.3 is 10.6 Å². The Labute approximate surface area is 200 Å². The summed E-state index contributed by atoms with van der Waals surface area (Å²) < 4.78 is 41.0. The largest absolute Gasteiger partial charge is 0.435 e. The van der Waals surface area contributed by atoms with E-state index in [0.29, 0.717) is 17.2 Å². The van der Waals surface area contributed by atoms with Crippen molar-refractivity contribution in [3.63, 3.8) is 0 Å². The van der Waals surface area contributed by atoms with Crippen LogP contribution in [0.5, 0.6) is 0 Å². The molecule has 11 heteroatoms. The summed E-state index contributed by atoms with van der Waals surface area (Å²) in [6, 6.07) is 6.61. The average molecular weight is 496 g/mol. The van der Waals surface area contributed by atoms with Gasteiger partial charge in [0.1, 0.15) is 5.69 Å². The number of nitrogens with zero attached hydrogens (tertiary/aromatic N) is 3. The Bertz CT molecular complexity index is 1220. The van der Waals surface area contributed by atoms with Gasteiger partial charge in [0.2, 0.25) is 0 Å². The fourth-order valence-electron chi connectivity index (χ4n) is 3.15. The van der Waals surface area contributed by atoms with Gasteiger partial charge in [-0.3, -0.25) is 9.59 Å². The van der Waals surface area contributed by atoms with Crippen molar-refractivity contribution < 1.29 is 22.8 Å². The molecule has 0 aliphatic heterocycles. The van der Waals surface area contributed by atoms with Crippen molar-refractivity contribution in [2.75, 3.05) is 5.32 Å². The van der Waals surface area contributed by atoms with Gasteiger partial charge >= 0.3 is 6.18 Å². The number of carbonyl (C=O) groups excluding carboxylic acids is 2. The number of aryl methyl sites for hydroxylation is 2. The summed E-state index contributed by atoms with van der Waals surface area (Å²) in [6.45, 7) is 6.78. The van der Waals surface area contributed by atoms with E-state index in [1.165, 1.54) is 18.3 Å². The zero-order valence-electron chi connectivity index (χ0n) is 18.2. The second-order valence-corrected chi connectivity index (χ2v) is 8.13. The van der Waals surface area contributed by atoms with E-state index in [9.17, 15) is 22.8 Å². The number of hydrogen-bond acceptors (Lipinski definition) is 4. The lowest BCUT2D eigenvalue weighted by Crippen LogP contribution is -2.31. The fraction of sp³-hybridized carbons (Fsp3) is 0.304. The Morgan fingerprint density at radius 3 is 2.35 bits per heavy atom. The van der Waals surface area contributed by atoms with Crippen molar-refractivity contribution in [2.24, 2.45) is 0 Å². The second kappa shape index (κ2) is 10.3. The first-order valence-corrected chi connectivity index (χ1v) is 10.3. The van der Waals surface area contributed by atoms with E-state index in [2.05, 4.69) is 20.7 Å². The van der Waals surface area contributed by atoms with E-state index < -0.39 is 29.4 Å². The molecule has 2 heterocycles. The SMILES string of the molecule is C.Cc1cccnc1-n1nc(C(F)(F)F)cc1C(=O)Nc1c(C)cc(Cl)cc1C(=O)NC(C)C. The lowest BCUT2D eigenvalue weighted by molar-refractivity contribution is -0.141. The van der Waals surface area contributed by atoms with E-state index in [-0.39, 0.29) is 35.6 Å². The number of nitrogens with one attached hydrogen (secondary N) is 2. The molecule has 182 valence electrons. The predicted octanol–water partition coefficient (Wildman–Crippen LogP) is 5.58. The average Bonchev–Trinajstić information content (AvgIpc) is 3.15. The maximum Gasteiger partial charge on any atom is 0.435 e. The van der Waals surface area contributed by atoms with Gasteiger partial charge in [-0.05, 0) is 57.0 Å². The summed E-state index contributed by atoms with van der Waals surface area (Å²) in [5, 5.41) is 9.11. The van der Waals surface area contributed by atoms with Crippen molar-refractivity contribution in [1.82, 2.24) is 20.1 Å². The number of rotatable bonds is 5. The molecule has 0 spiro atoms. The summed E-state index contributed by atoms with van der Waals surface area (Å²) in [5.41, 5.74) is -0.458. The molecule has 3 aromatic rings. The van der Waals surface area contributed by atoms with Gasteiger partial charge in [-0.25, -0.2) is 9.67 Å². The van der Waals surface area contributed by atoms with Crippen LogP contribution < -0.4 is 10.6 Å². The van der Waals surface area contributed by atoms with Crippen LogP contribution in [0.25, 0.3) is 5.82 Å². The topological polar surface area (TPSA) is 88.9 Å². The van der Waals surface area contributed by atoms with Crippen molar-refractivity contribution in [3.05, 3.63) is 69.6 Å². The van der Waals surface area contributed by atoms with Gasteiger partial charge in [-0.1, -0.05) is 25.1 Å². The molecule has 0 atom stereocenters. The first-order chi connectivity index (χ1) is 15.4. The van der Waals surface area contributed by atoms with E-state index in [0.717, 1.165) is 4.68 Å². The van der Waals surface area contributed by atoms with Gasteiger partial charge in [0.15, 0.2) is 11.5 Å². The Morgan fingerprint density at radius 2 is 1.76 bits per heavy atom. The van der Waals surface area contributed by atoms with Crippen LogP contribution in [0.3, 0.4) is 0 Å². The number of benzene rings is 1. The molecule has 0 saturated heterocycles. The summed E-state index contributed by atoms with van der Waals surface area (Å²) in [6.07, 6.45) is -3.39. The molecule has 2 N–H and O–H groups in total. The third kappa shape index (κ3) is 5.74. The lowest BCUT2D eigenvalue weighted by atomic mass is 10.1. The molecule has 34 heavy (non-hydrogen) atoms. The number of halogens is 4. The normalized spacial score (nSPS) is 11.2. The smallest absolute Gasteiger partial charge is 0.350 e. The Kier molecular flexibility index (Phi) is 8.09. The van der Waals surface area contributed by atoms with E-state index >= 15 is 0 Å². The lowest BCUT2D eigenvalue weighted by Gasteiger charge is -2.16. The number of amides is 2. The van der Waals surface area contributed by atoms with Crippen molar-refractivity contribution >= 4 is 29.1 Å². The van der Waals surface area contributed by atoms with Gasteiger partial charge in [-0.15, -0.1) is 0 Å². The minimum atomic E-state index is -4.78. The zero-order chi connectivity index (χ0) is 24.5. The molecule has 3 rings (SSSR count). The molecule has 0 aliphatic carbocycles. The first-order valence-electron chi connectivity index (χ1n) is 9.90. The Hall–Kier alpha value is -3.40. The van der Waals surface area contributed by atoms with E-state index in [4.69, 9.17) is 11.6 Å². The second-order valence-electron chi connectivity index (χ2n) is 7.70. The van der Waals surface area contributed by atoms with Crippen LogP contribution in [-0.4, -0.2) is 32.6 Å². The molecule has 1 aromatic carbocycles. The third-order valence-corrected chi connectivity index (χ3v) is 4.84. The number of alkyl halides is 3. The first kappa shape index (κ1) is 26.8. The minimum Gasteiger partial charge on any atom is -0.350 e. The van der Waals surface area contributed by atoms with Gasteiger partial charge in [0, 0.05) is 23.3 Å². The van der Waals surface area contributed by atoms with Crippen LogP contribution >= 0.6 is 11.6 Å². The van der Waals surface area contributed by atoms with E-state index in [1.54, 1.807) is 39.8 Å². The summed E-state index contributed by atoms with van der Waals surface area (Å²) >= 11 is 6.09. The standard InChI is InChI=1S/C22H21ClF3N5O2.CH4/c1-11(2)28-20(32)15-9-14(23)8-13(4)18(15)29-21(33)16-10-17(22(24,25)26)30-31(16)19-12(3)6-5-7-27-19;/h5-11H,1-4H3,(H,28,32)(H,29,33);1H4. The van der Waals surface area contributed by atoms with Crippen LogP contribution in [0.4, 0.5) is 18.9 Å². The summed E-state index contributed by atoms with van der Waals surface area (Å²) in [7, 11) is 0. The zero-order valence-corrected chi connectivity index (χ0v) is 19.0. The monoisotopic (exact) mass is 495 g/mol. The molecular weight excluding hydrogens is 471 g/mol. The van der Waals surface area contributed by atoms with Crippen molar-refractivity contribution in [3.8, 4) is 5.82 Å². The maximum absolute atomic E-state index is 13.4. The van der Waals surface area contributed by atoms with Crippen LogP contribution in [-0.2, 0) is 6.18 Å². The number of anilines is 1. The molecule has 0 bridgehead atoms.